The average Bonchev–Trinajstić information content (AvgIpc) is 3.10. The van der Waals surface area contributed by atoms with Gasteiger partial charge in [0, 0.05) is 5.56 Å². The molecule has 4 aromatic rings. The van der Waals surface area contributed by atoms with Crippen LogP contribution in [0.3, 0.4) is 0 Å². The van der Waals surface area contributed by atoms with E-state index in [1.807, 2.05) is 47.3 Å². The molecule has 0 amide bonds. The van der Waals surface area contributed by atoms with E-state index in [0.717, 1.165) is 22.6 Å². The lowest BCUT2D eigenvalue weighted by Gasteiger charge is -2.04. The predicted molar refractivity (Wildman–Crippen MR) is 95.1 cm³/mol. The summed E-state index contributed by atoms with van der Waals surface area (Å²) in [7, 11) is 1.67. The normalized spacial score (nSPS) is 10.9. The molecule has 3 aromatic carbocycles. The zero-order valence-electron chi connectivity index (χ0n) is 13.4. The van der Waals surface area contributed by atoms with Gasteiger partial charge in [-0.05, 0) is 28.5 Å². The number of nitrogens with zero attached hydrogens (tertiary/aromatic N) is 3. The lowest BCUT2D eigenvalue weighted by Crippen LogP contribution is -2.00. The SMILES string of the molecule is COc1ccc(Cn2cc(-c3cccc4ccccc34)nn2)cc1. The van der Waals surface area contributed by atoms with Crippen molar-refractivity contribution in [2.24, 2.45) is 0 Å². The van der Waals surface area contributed by atoms with Gasteiger partial charge in [-0.3, -0.25) is 0 Å². The van der Waals surface area contributed by atoms with Gasteiger partial charge in [0.1, 0.15) is 11.4 Å². The first-order valence-electron chi connectivity index (χ1n) is 7.85. The number of fused-ring (bicyclic) bond motifs is 1. The molecule has 24 heavy (non-hydrogen) atoms. The molecule has 4 heteroatoms. The number of hydrogen-bond acceptors (Lipinski definition) is 3. The Kier molecular flexibility index (Phi) is 3.71. The molecule has 0 unspecified atom stereocenters. The third-order valence-electron chi connectivity index (χ3n) is 4.11. The summed E-state index contributed by atoms with van der Waals surface area (Å²) < 4.78 is 7.05. The number of ether oxygens (including phenoxy) is 1. The third kappa shape index (κ3) is 2.74. The number of rotatable bonds is 4. The molecule has 0 aliphatic carbocycles. The quantitative estimate of drug-likeness (QED) is 0.568. The van der Waals surface area contributed by atoms with Crippen LogP contribution >= 0.6 is 0 Å². The van der Waals surface area contributed by atoms with E-state index in [9.17, 15) is 0 Å². The van der Waals surface area contributed by atoms with Crippen molar-refractivity contribution in [2.45, 2.75) is 6.54 Å². The van der Waals surface area contributed by atoms with Crippen LogP contribution in [-0.4, -0.2) is 22.1 Å². The molecule has 0 aliphatic rings. The predicted octanol–water partition coefficient (Wildman–Crippen LogP) is 4.16. The van der Waals surface area contributed by atoms with Crippen molar-refractivity contribution < 1.29 is 4.74 Å². The minimum Gasteiger partial charge on any atom is -0.497 e. The Morgan fingerprint density at radius 3 is 2.54 bits per heavy atom. The van der Waals surface area contributed by atoms with E-state index in [0.29, 0.717) is 6.54 Å². The van der Waals surface area contributed by atoms with Gasteiger partial charge >= 0.3 is 0 Å². The van der Waals surface area contributed by atoms with Gasteiger partial charge in [0.05, 0.1) is 19.9 Å². The Balaban J connectivity index is 1.64. The monoisotopic (exact) mass is 315 g/mol. The first-order valence-corrected chi connectivity index (χ1v) is 7.85. The Labute approximate surface area is 140 Å². The van der Waals surface area contributed by atoms with Crippen molar-refractivity contribution in [2.75, 3.05) is 7.11 Å². The summed E-state index contributed by atoms with van der Waals surface area (Å²) in [4.78, 5) is 0. The summed E-state index contributed by atoms with van der Waals surface area (Å²) in [6, 6.07) is 22.6. The zero-order valence-corrected chi connectivity index (χ0v) is 13.4. The Hall–Kier alpha value is -3.14. The van der Waals surface area contributed by atoms with Crippen LogP contribution in [0.4, 0.5) is 0 Å². The average molecular weight is 315 g/mol. The van der Waals surface area contributed by atoms with Crippen LogP contribution < -0.4 is 4.74 Å². The van der Waals surface area contributed by atoms with Crippen LogP contribution in [0.2, 0.25) is 0 Å². The maximum absolute atomic E-state index is 5.19. The summed E-state index contributed by atoms with van der Waals surface area (Å²) in [6.07, 6.45) is 1.99. The second-order valence-electron chi connectivity index (χ2n) is 5.68. The molecule has 1 aromatic heterocycles. The van der Waals surface area contributed by atoms with Crippen LogP contribution in [0.15, 0.2) is 72.9 Å². The molecule has 0 radical (unpaired) electrons. The largest absolute Gasteiger partial charge is 0.497 e. The van der Waals surface area contributed by atoms with Gasteiger partial charge in [-0.25, -0.2) is 4.68 Å². The smallest absolute Gasteiger partial charge is 0.118 e. The number of hydrogen-bond donors (Lipinski definition) is 0. The van der Waals surface area contributed by atoms with E-state index in [1.165, 1.54) is 10.8 Å². The van der Waals surface area contributed by atoms with E-state index in [2.05, 4.69) is 40.6 Å². The molecule has 1 heterocycles. The molecule has 0 N–H and O–H groups in total. The van der Waals surface area contributed by atoms with Crippen LogP contribution in [0.1, 0.15) is 5.56 Å². The molecule has 0 fully saturated rings. The second kappa shape index (κ2) is 6.16. The van der Waals surface area contributed by atoms with Crippen LogP contribution in [0.25, 0.3) is 22.0 Å². The molecule has 0 atom stereocenters. The van der Waals surface area contributed by atoms with Crippen molar-refractivity contribution in [3.63, 3.8) is 0 Å². The molecular formula is C20H17N3O. The minimum atomic E-state index is 0.682. The molecule has 0 aliphatic heterocycles. The Bertz CT molecular complexity index is 968. The van der Waals surface area contributed by atoms with E-state index in [1.54, 1.807) is 7.11 Å². The summed E-state index contributed by atoms with van der Waals surface area (Å²) in [6.45, 7) is 0.682. The first kappa shape index (κ1) is 14.5. The van der Waals surface area contributed by atoms with E-state index in [-0.39, 0.29) is 0 Å². The maximum Gasteiger partial charge on any atom is 0.118 e. The Morgan fingerprint density at radius 2 is 1.71 bits per heavy atom. The zero-order chi connectivity index (χ0) is 16.4. The van der Waals surface area contributed by atoms with Gasteiger partial charge in [-0.1, -0.05) is 59.8 Å². The summed E-state index contributed by atoms with van der Waals surface area (Å²) in [5.41, 5.74) is 3.15. The van der Waals surface area contributed by atoms with E-state index < -0.39 is 0 Å². The molecule has 0 saturated heterocycles. The lowest BCUT2D eigenvalue weighted by atomic mass is 10.0. The van der Waals surface area contributed by atoms with Gasteiger partial charge in [-0.2, -0.15) is 0 Å². The van der Waals surface area contributed by atoms with Gasteiger partial charge in [0.2, 0.25) is 0 Å². The molecule has 0 saturated carbocycles. The van der Waals surface area contributed by atoms with Gasteiger partial charge in [-0.15, -0.1) is 5.10 Å². The van der Waals surface area contributed by atoms with Gasteiger partial charge in [0.15, 0.2) is 0 Å². The summed E-state index contributed by atoms with van der Waals surface area (Å²) in [5.74, 6) is 0.855. The minimum absolute atomic E-state index is 0.682. The summed E-state index contributed by atoms with van der Waals surface area (Å²) in [5, 5.41) is 11.0. The van der Waals surface area contributed by atoms with E-state index in [4.69, 9.17) is 4.74 Å². The highest BCUT2D eigenvalue weighted by Crippen LogP contribution is 2.26. The van der Waals surface area contributed by atoms with E-state index >= 15 is 0 Å². The van der Waals surface area contributed by atoms with Crippen LogP contribution in [-0.2, 0) is 6.54 Å². The van der Waals surface area contributed by atoms with Crippen LogP contribution in [0, 0.1) is 0 Å². The van der Waals surface area contributed by atoms with Crippen molar-refractivity contribution >= 4 is 10.8 Å². The number of aromatic nitrogens is 3. The first-order chi connectivity index (χ1) is 11.8. The van der Waals surface area contributed by atoms with Crippen molar-refractivity contribution in [3.05, 3.63) is 78.5 Å². The van der Waals surface area contributed by atoms with Crippen molar-refractivity contribution in [3.8, 4) is 17.0 Å². The fourth-order valence-electron chi connectivity index (χ4n) is 2.87. The second-order valence-corrected chi connectivity index (χ2v) is 5.68. The molecule has 4 nitrogen and oxygen atoms in total. The highest BCUT2D eigenvalue weighted by atomic mass is 16.5. The highest BCUT2D eigenvalue weighted by molar-refractivity contribution is 5.95. The Morgan fingerprint density at radius 1 is 0.917 bits per heavy atom. The summed E-state index contributed by atoms with van der Waals surface area (Å²) >= 11 is 0. The highest BCUT2D eigenvalue weighted by Gasteiger charge is 2.08. The number of methoxy groups -OCH3 is 1. The maximum atomic E-state index is 5.19. The van der Waals surface area contributed by atoms with Crippen molar-refractivity contribution in [1.29, 1.82) is 0 Å². The van der Waals surface area contributed by atoms with Crippen molar-refractivity contribution in [1.82, 2.24) is 15.0 Å². The topological polar surface area (TPSA) is 39.9 Å². The number of benzene rings is 3. The lowest BCUT2D eigenvalue weighted by molar-refractivity contribution is 0.414. The standard InChI is InChI=1S/C20H17N3O/c1-24-17-11-9-15(10-12-17)13-23-14-20(21-22-23)19-8-4-6-16-5-2-3-7-18(16)19/h2-12,14H,13H2,1H3. The fourth-order valence-corrected chi connectivity index (χ4v) is 2.87. The molecule has 0 spiro atoms. The van der Waals surface area contributed by atoms with Gasteiger partial charge < -0.3 is 4.74 Å². The molecule has 118 valence electrons. The molecular weight excluding hydrogens is 298 g/mol. The third-order valence-corrected chi connectivity index (χ3v) is 4.11. The fraction of sp³-hybridized carbons (Fsp3) is 0.100. The van der Waals surface area contributed by atoms with Gasteiger partial charge in [0.25, 0.3) is 0 Å². The van der Waals surface area contributed by atoms with Crippen LogP contribution in [0.5, 0.6) is 5.75 Å². The molecule has 0 bridgehead atoms. The molecule has 4 rings (SSSR count).